The molecule has 5 nitrogen and oxygen atoms in total. The maximum Gasteiger partial charge on any atom is 0.259 e. The van der Waals surface area contributed by atoms with E-state index in [2.05, 4.69) is 22.3 Å². The number of nitrogen functional groups attached to an aromatic ring is 1. The number of benzene rings is 1. The Bertz CT molecular complexity index is 578. The van der Waals surface area contributed by atoms with Gasteiger partial charge in [0.25, 0.3) is 5.91 Å². The molecule has 19 heavy (non-hydrogen) atoms. The minimum Gasteiger partial charge on any atom is -0.383 e. The molecule has 3 rings (SSSR count). The van der Waals surface area contributed by atoms with Gasteiger partial charge in [0, 0.05) is 19.0 Å². The van der Waals surface area contributed by atoms with Gasteiger partial charge in [0.2, 0.25) is 0 Å². The zero-order valence-electron chi connectivity index (χ0n) is 10.5. The fourth-order valence-electron chi connectivity index (χ4n) is 2.58. The van der Waals surface area contributed by atoms with Crippen LogP contribution in [-0.4, -0.2) is 34.1 Å². The highest BCUT2D eigenvalue weighted by atomic mass is 16.2. The number of carbonyl (C=O) groups is 1. The van der Waals surface area contributed by atoms with Gasteiger partial charge in [0.05, 0.1) is 6.20 Å². The van der Waals surface area contributed by atoms with E-state index >= 15 is 0 Å². The molecule has 0 bridgehead atoms. The molecule has 2 aromatic rings. The summed E-state index contributed by atoms with van der Waals surface area (Å²) in [6.07, 6.45) is 2.49. The molecule has 1 fully saturated rings. The zero-order chi connectivity index (χ0) is 13.2. The summed E-state index contributed by atoms with van der Waals surface area (Å²) in [7, 11) is 0. The molecule has 1 aromatic carbocycles. The second kappa shape index (κ2) is 4.76. The number of likely N-dealkylation sites (tertiary alicyclic amines) is 1. The van der Waals surface area contributed by atoms with Crippen LogP contribution in [0.1, 0.15) is 28.3 Å². The number of amides is 1. The van der Waals surface area contributed by atoms with E-state index in [1.807, 2.05) is 23.1 Å². The number of nitrogens with two attached hydrogens (primary N) is 1. The normalized spacial score (nSPS) is 18.7. The van der Waals surface area contributed by atoms with E-state index < -0.39 is 0 Å². The number of aromatic nitrogens is 2. The Morgan fingerprint density at radius 1 is 1.37 bits per heavy atom. The standard InChI is InChI=1S/C14H16N4O/c15-13-12(8-16-17-13)14(19)18-7-6-11(9-18)10-4-2-1-3-5-10/h1-5,8,11H,6-7,9H2,(H3,15,16,17). The van der Waals surface area contributed by atoms with Crippen LogP contribution in [0.15, 0.2) is 36.5 Å². The van der Waals surface area contributed by atoms with Crippen LogP contribution in [0.25, 0.3) is 0 Å². The molecule has 0 spiro atoms. The molecule has 0 saturated carbocycles. The van der Waals surface area contributed by atoms with Crippen molar-refractivity contribution in [1.82, 2.24) is 15.1 Å². The van der Waals surface area contributed by atoms with Gasteiger partial charge < -0.3 is 10.6 Å². The topological polar surface area (TPSA) is 75.0 Å². The zero-order valence-corrected chi connectivity index (χ0v) is 10.5. The Kier molecular flexibility index (Phi) is 2.95. The number of anilines is 1. The van der Waals surface area contributed by atoms with Crippen LogP contribution in [-0.2, 0) is 0 Å². The highest BCUT2D eigenvalue weighted by Crippen LogP contribution is 2.28. The summed E-state index contributed by atoms with van der Waals surface area (Å²) in [5, 5.41) is 6.39. The number of rotatable bonds is 2. The summed E-state index contributed by atoms with van der Waals surface area (Å²) in [4.78, 5) is 14.1. The van der Waals surface area contributed by atoms with E-state index in [9.17, 15) is 4.79 Å². The molecule has 0 aliphatic carbocycles. The third-order valence-corrected chi connectivity index (χ3v) is 3.65. The van der Waals surface area contributed by atoms with Gasteiger partial charge >= 0.3 is 0 Å². The van der Waals surface area contributed by atoms with Crippen molar-refractivity contribution >= 4 is 11.7 Å². The summed E-state index contributed by atoms with van der Waals surface area (Å²) in [6.45, 7) is 1.51. The second-order valence-corrected chi connectivity index (χ2v) is 4.84. The lowest BCUT2D eigenvalue weighted by Crippen LogP contribution is -2.28. The van der Waals surface area contributed by atoms with E-state index in [1.54, 1.807) is 0 Å². The van der Waals surface area contributed by atoms with Crippen molar-refractivity contribution in [3.63, 3.8) is 0 Å². The van der Waals surface area contributed by atoms with Gasteiger partial charge in [0.1, 0.15) is 11.4 Å². The number of nitrogens with zero attached hydrogens (tertiary/aromatic N) is 2. The number of hydrogen-bond acceptors (Lipinski definition) is 3. The number of aromatic amines is 1. The molecule has 1 aliphatic heterocycles. The average Bonchev–Trinajstić information content (AvgIpc) is 3.08. The van der Waals surface area contributed by atoms with Crippen molar-refractivity contribution in [2.24, 2.45) is 0 Å². The van der Waals surface area contributed by atoms with Gasteiger partial charge in [-0.1, -0.05) is 30.3 Å². The highest BCUT2D eigenvalue weighted by molar-refractivity contribution is 5.98. The van der Waals surface area contributed by atoms with Gasteiger partial charge in [-0.25, -0.2) is 0 Å². The number of hydrogen-bond donors (Lipinski definition) is 2. The van der Waals surface area contributed by atoms with E-state index in [1.165, 1.54) is 11.8 Å². The summed E-state index contributed by atoms with van der Waals surface area (Å²) < 4.78 is 0. The van der Waals surface area contributed by atoms with Crippen LogP contribution in [0.4, 0.5) is 5.82 Å². The largest absolute Gasteiger partial charge is 0.383 e. The molecule has 0 radical (unpaired) electrons. The van der Waals surface area contributed by atoms with Crippen molar-refractivity contribution in [2.45, 2.75) is 12.3 Å². The predicted molar refractivity (Wildman–Crippen MR) is 72.7 cm³/mol. The van der Waals surface area contributed by atoms with Gasteiger partial charge in [0.15, 0.2) is 0 Å². The summed E-state index contributed by atoms with van der Waals surface area (Å²) >= 11 is 0. The van der Waals surface area contributed by atoms with Crippen LogP contribution in [0.3, 0.4) is 0 Å². The van der Waals surface area contributed by atoms with E-state index in [0.29, 0.717) is 17.3 Å². The van der Waals surface area contributed by atoms with Crippen molar-refractivity contribution in [2.75, 3.05) is 18.8 Å². The average molecular weight is 256 g/mol. The molecule has 5 heteroatoms. The summed E-state index contributed by atoms with van der Waals surface area (Å²) in [5.41, 5.74) is 7.45. The number of H-pyrrole nitrogens is 1. The lowest BCUT2D eigenvalue weighted by molar-refractivity contribution is 0.0792. The molecule has 1 atom stereocenters. The molecule has 1 aromatic heterocycles. The molecular formula is C14H16N4O. The summed E-state index contributed by atoms with van der Waals surface area (Å²) in [5.74, 6) is 0.719. The first-order valence-corrected chi connectivity index (χ1v) is 6.39. The maximum absolute atomic E-state index is 12.3. The molecule has 3 N–H and O–H groups in total. The minimum absolute atomic E-state index is 0.0373. The SMILES string of the molecule is Nc1[nH]ncc1C(=O)N1CCC(c2ccccc2)C1. The van der Waals surface area contributed by atoms with Crippen LogP contribution in [0, 0.1) is 0 Å². The Labute approximate surface area is 111 Å². The minimum atomic E-state index is -0.0373. The van der Waals surface area contributed by atoms with Crippen molar-refractivity contribution in [1.29, 1.82) is 0 Å². The first-order chi connectivity index (χ1) is 9.25. The molecule has 1 amide bonds. The highest BCUT2D eigenvalue weighted by Gasteiger charge is 2.29. The number of carbonyl (C=O) groups excluding carboxylic acids is 1. The fourth-order valence-corrected chi connectivity index (χ4v) is 2.58. The van der Waals surface area contributed by atoms with Gasteiger partial charge in [-0.05, 0) is 12.0 Å². The van der Waals surface area contributed by atoms with Crippen molar-refractivity contribution in [3.8, 4) is 0 Å². The van der Waals surface area contributed by atoms with E-state index in [0.717, 1.165) is 19.5 Å². The smallest absolute Gasteiger partial charge is 0.259 e. The Morgan fingerprint density at radius 2 is 2.16 bits per heavy atom. The quantitative estimate of drug-likeness (QED) is 0.857. The molecule has 1 aliphatic rings. The Balaban J connectivity index is 1.73. The van der Waals surface area contributed by atoms with Crippen LogP contribution in [0.5, 0.6) is 0 Å². The van der Waals surface area contributed by atoms with E-state index in [-0.39, 0.29) is 5.91 Å². The first kappa shape index (κ1) is 11.8. The van der Waals surface area contributed by atoms with Gasteiger partial charge in [-0.15, -0.1) is 0 Å². The van der Waals surface area contributed by atoms with Gasteiger partial charge in [-0.3, -0.25) is 9.89 Å². The lowest BCUT2D eigenvalue weighted by atomic mass is 9.99. The first-order valence-electron chi connectivity index (χ1n) is 6.39. The number of nitrogens with one attached hydrogen (secondary N) is 1. The molecule has 1 unspecified atom stereocenters. The predicted octanol–water partition coefficient (Wildman–Crippen LogP) is 1.62. The van der Waals surface area contributed by atoms with Crippen molar-refractivity contribution in [3.05, 3.63) is 47.7 Å². The molecule has 98 valence electrons. The third kappa shape index (κ3) is 2.19. The van der Waals surface area contributed by atoms with Gasteiger partial charge in [-0.2, -0.15) is 5.10 Å². The Morgan fingerprint density at radius 3 is 2.84 bits per heavy atom. The third-order valence-electron chi connectivity index (χ3n) is 3.65. The van der Waals surface area contributed by atoms with Crippen LogP contribution in [0.2, 0.25) is 0 Å². The summed E-state index contributed by atoms with van der Waals surface area (Å²) in [6, 6.07) is 10.3. The maximum atomic E-state index is 12.3. The molecule has 1 saturated heterocycles. The van der Waals surface area contributed by atoms with Crippen LogP contribution >= 0.6 is 0 Å². The van der Waals surface area contributed by atoms with Crippen LogP contribution < -0.4 is 5.73 Å². The fraction of sp³-hybridized carbons (Fsp3) is 0.286. The van der Waals surface area contributed by atoms with E-state index in [4.69, 9.17) is 5.73 Å². The second-order valence-electron chi connectivity index (χ2n) is 4.84. The lowest BCUT2D eigenvalue weighted by Gasteiger charge is -2.16. The Hall–Kier alpha value is -2.30. The van der Waals surface area contributed by atoms with Crippen molar-refractivity contribution < 1.29 is 4.79 Å². The molecule has 2 heterocycles. The monoisotopic (exact) mass is 256 g/mol. The molecular weight excluding hydrogens is 240 g/mol.